The van der Waals surface area contributed by atoms with Crippen LogP contribution in [0.2, 0.25) is 0 Å². The van der Waals surface area contributed by atoms with E-state index in [1.807, 2.05) is 44.2 Å². The first-order valence-corrected chi connectivity index (χ1v) is 13.6. The van der Waals surface area contributed by atoms with Gasteiger partial charge in [0.25, 0.3) is 5.91 Å². The van der Waals surface area contributed by atoms with E-state index >= 15 is 4.39 Å². The molecule has 4 aromatic rings. The molecule has 212 valence electrons. The van der Waals surface area contributed by atoms with Gasteiger partial charge in [-0.15, -0.1) is 0 Å². The van der Waals surface area contributed by atoms with Crippen molar-refractivity contribution >= 4 is 23.1 Å². The molecule has 0 saturated heterocycles. The number of carbonyl (C=O) groups is 2. The summed E-state index contributed by atoms with van der Waals surface area (Å²) in [5.74, 6) is -1.46. The maximum absolute atomic E-state index is 16.2. The number of ketones is 1. The monoisotopic (exact) mass is 564 g/mol. The van der Waals surface area contributed by atoms with Crippen molar-refractivity contribution in [1.82, 2.24) is 9.97 Å². The summed E-state index contributed by atoms with van der Waals surface area (Å²) in [5, 5.41) is 14.2. The molecule has 0 fully saturated rings. The van der Waals surface area contributed by atoms with Crippen molar-refractivity contribution in [1.29, 1.82) is 0 Å². The van der Waals surface area contributed by atoms with E-state index in [-0.39, 0.29) is 52.9 Å². The summed E-state index contributed by atoms with van der Waals surface area (Å²) in [4.78, 5) is 37.6. The van der Waals surface area contributed by atoms with E-state index in [1.165, 1.54) is 35.5 Å². The SMILES string of the molecule is CC1(C)CC(=O)C2=C(C1)Nc1c(O)cccc1N(C(=O)c1ncccn1)[C@H]2c1ccc(OCc2ccccc2)cc1F. The van der Waals surface area contributed by atoms with Crippen LogP contribution in [0.5, 0.6) is 11.5 Å². The van der Waals surface area contributed by atoms with Crippen LogP contribution < -0.4 is 15.0 Å². The molecule has 0 radical (unpaired) electrons. The Balaban J connectivity index is 1.52. The first-order valence-electron chi connectivity index (χ1n) is 13.6. The molecule has 42 heavy (non-hydrogen) atoms. The largest absolute Gasteiger partial charge is 0.506 e. The highest BCUT2D eigenvalue weighted by Gasteiger charge is 2.45. The number of nitrogens with zero attached hydrogens (tertiary/aromatic N) is 3. The van der Waals surface area contributed by atoms with Gasteiger partial charge in [0, 0.05) is 41.7 Å². The second-order valence-electron chi connectivity index (χ2n) is 11.2. The van der Waals surface area contributed by atoms with Gasteiger partial charge >= 0.3 is 0 Å². The van der Waals surface area contributed by atoms with Crippen LogP contribution in [0.4, 0.5) is 15.8 Å². The van der Waals surface area contributed by atoms with Crippen molar-refractivity contribution in [2.75, 3.05) is 10.2 Å². The van der Waals surface area contributed by atoms with Crippen LogP contribution in [-0.4, -0.2) is 26.8 Å². The van der Waals surface area contributed by atoms with E-state index in [2.05, 4.69) is 15.3 Å². The molecule has 2 aliphatic rings. The lowest BCUT2D eigenvalue weighted by molar-refractivity contribution is -0.118. The number of fused-ring (bicyclic) bond motifs is 1. The fraction of sp³-hybridized carbons (Fsp3) is 0.212. The molecule has 1 aliphatic carbocycles. The number of aromatic nitrogens is 2. The maximum Gasteiger partial charge on any atom is 0.296 e. The summed E-state index contributed by atoms with van der Waals surface area (Å²) < 4.78 is 22.0. The number of nitrogens with one attached hydrogen (secondary N) is 1. The topological polar surface area (TPSA) is 105 Å². The summed E-state index contributed by atoms with van der Waals surface area (Å²) in [6.07, 6.45) is 3.53. The Morgan fingerprint density at radius 1 is 1.05 bits per heavy atom. The van der Waals surface area contributed by atoms with Gasteiger partial charge in [0.15, 0.2) is 5.78 Å². The van der Waals surface area contributed by atoms with Gasteiger partial charge in [-0.3, -0.25) is 14.5 Å². The van der Waals surface area contributed by atoms with Gasteiger partial charge in [0.2, 0.25) is 5.82 Å². The molecule has 1 amide bonds. The number of Topliss-reactive ketones (excluding diaryl/α,β-unsaturated/α-hetero) is 1. The third-order valence-corrected chi connectivity index (χ3v) is 7.50. The minimum absolute atomic E-state index is 0.102. The molecule has 2 N–H and O–H groups in total. The second kappa shape index (κ2) is 10.7. The van der Waals surface area contributed by atoms with Gasteiger partial charge in [0.1, 0.15) is 29.6 Å². The molecule has 0 saturated carbocycles. The van der Waals surface area contributed by atoms with Crippen molar-refractivity contribution in [2.45, 2.75) is 39.3 Å². The lowest BCUT2D eigenvalue weighted by atomic mass is 9.73. The number of rotatable bonds is 5. The van der Waals surface area contributed by atoms with E-state index in [0.29, 0.717) is 17.9 Å². The standard InChI is InChI=1S/C33H29FN4O4/c1-33(2)17-24-28(27(40)18-33)30(22-13-12-21(16-23(22)34)42-19-20-8-4-3-5-9-20)38(32(41)31-35-14-7-15-36-31)25-10-6-11-26(39)29(25)37-24/h3-16,30,37,39H,17-19H2,1-2H3/t30-/m0/s1. The van der Waals surface area contributed by atoms with Crippen molar-refractivity contribution in [3.8, 4) is 11.5 Å². The third kappa shape index (κ3) is 5.09. The predicted molar refractivity (Wildman–Crippen MR) is 156 cm³/mol. The minimum atomic E-state index is -1.17. The lowest BCUT2D eigenvalue weighted by Crippen LogP contribution is -2.40. The van der Waals surface area contributed by atoms with E-state index < -0.39 is 23.2 Å². The number of halogens is 1. The van der Waals surface area contributed by atoms with E-state index in [9.17, 15) is 14.7 Å². The molecule has 0 unspecified atom stereocenters. The summed E-state index contributed by atoms with van der Waals surface area (Å²) >= 11 is 0. The van der Waals surface area contributed by atoms with Crippen LogP contribution >= 0.6 is 0 Å². The van der Waals surface area contributed by atoms with Crippen LogP contribution in [0.15, 0.2) is 96.5 Å². The molecule has 1 aromatic heterocycles. The summed E-state index contributed by atoms with van der Waals surface area (Å²) in [6, 6.07) is 19.1. The Hall–Kier alpha value is -5.05. The van der Waals surface area contributed by atoms with Gasteiger partial charge in [-0.25, -0.2) is 14.4 Å². The van der Waals surface area contributed by atoms with Crippen LogP contribution in [-0.2, 0) is 11.4 Å². The van der Waals surface area contributed by atoms with Crippen molar-refractivity contribution in [3.05, 3.63) is 119 Å². The number of hydrogen-bond acceptors (Lipinski definition) is 7. The predicted octanol–water partition coefficient (Wildman–Crippen LogP) is 6.36. The first-order chi connectivity index (χ1) is 20.2. The average Bonchev–Trinajstić information content (AvgIpc) is 3.11. The summed E-state index contributed by atoms with van der Waals surface area (Å²) in [5.41, 5.74) is 1.92. The highest BCUT2D eigenvalue weighted by molar-refractivity contribution is 6.11. The van der Waals surface area contributed by atoms with E-state index in [0.717, 1.165) is 5.56 Å². The van der Waals surface area contributed by atoms with Crippen LogP contribution in [0.25, 0.3) is 0 Å². The number of anilines is 2. The zero-order valence-corrected chi connectivity index (χ0v) is 23.2. The lowest BCUT2D eigenvalue weighted by Gasteiger charge is -2.37. The second-order valence-corrected chi connectivity index (χ2v) is 11.2. The number of phenolic OH excluding ortho intramolecular Hbond substituents is 1. The van der Waals surface area contributed by atoms with Crippen LogP contribution in [0.1, 0.15) is 54.5 Å². The number of carbonyl (C=O) groups excluding carboxylic acids is 2. The molecule has 8 nitrogen and oxygen atoms in total. The summed E-state index contributed by atoms with van der Waals surface area (Å²) in [6.45, 7) is 4.20. The van der Waals surface area contributed by atoms with Gasteiger partial charge in [-0.1, -0.05) is 50.2 Å². The molecule has 0 bridgehead atoms. The van der Waals surface area contributed by atoms with E-state index in [1.54, 1.807) is 24.3 Å². The Labute approximate surface area is 242 Å². The fourth-order valence-corrected chi connectivity index (χ4v) is 5.64. The number of hydrogen-bond donors (Lipinski definition) is 2. The zero-order chi connectivity index (χ0) is 29.4. The number of para-hydroxylation sites is 1. The number of amides is 1. The Kier molecular flexibility index (Phi) is 6.94. The number of phenols is 1. The molecule has 0 spiro atoms. The minimum Gasteiger partial charge on any atom is -0.506 e. The van der Waals surface area contributed by atoms with Crippen molar-refractivity contribution in [2.24, 2.45) is 5.41 Å². The molecule has 2 heterocycles. The molecular weight excluding hydrogens is 535 g/mol. The maximum atomic E-state index is 16.2. The Bertz CT molecular complexity index is 1710. The number of benzene rings is 3. The normalized spacial score (nSPS) is 17.5. The highest BCUT2D eigenvalue weighted by Crippen LogP contribution is 2.51. The fourth-order valence-electron chi connectivity index (χ4n) is 5.64. The number of allylic oxidation sites excluding steroid dienone is 1. The van der Waals surface area contributed by atoms with Gasteiger partial charge in [0.05, 0.1) is 11.7 Å². The molecule has 1 atom stereocenters. The van der Waals surface area contributed by atoms with Gasteiger partial charge in [-0.2, -0.15) is 0 Å². The molecule has 3 aromatic carbocycles. The van der Waals surface area contributed by atoms with Crippen LogP contribution in [0.3, 0.4) is 0 Å². The van der Waals surface area contributed by atoms with E-state index in [4.69, 9.17) is 4.74 Å². The quantitative estimate of drug-likeness (QED) is 0.272. The molecule has 9 heteroatoms. The Morgan fingerprint density at radius 2 is 1.81 bits per heavy atom. The van der Waals surface area contributed by atoms with Crippen LogP contribution in [0, 0.1) is 11.2 Å². The third-order valence-electron chi connectivity index (χ3n) is 7.50. The van der Waals surface area contributed by atoms with Gasteiger partial charge in [-0.05, 0) is 47.7 Å². The molecular formula is C33H29FN4O4. The zero-order valence-electron chi connectivity index (χ0n) is 23.2. The smallest absolute Gasteiger partial charge is 0.296 e. The van der Waals surface area contributed by atoms with Gasteiger partial charge < -0.3 is 15.2 Å². The molecule has 6 rings (SSSR count). The number of aromatic hydroxyl groups is 1. The molecule has 1 aliphatic heterocycles. The summed E-state index contributed by atoms with van der Waals surface area (Å²) in [7, 11) is 0. The average molecular weight is 565 g/mol. The number of ether oxygens (including phenoxy) is 1. The first kappa shape index (κ1) is 27.1. The van der Waals surface area contributed by atoms with Crippen molar-refractivity contribution < 1.29 is 23.8 Å². The Morgan fingerprint density at radius 3 is 2.55 bits per heavy atom. The van der Waals surface area contributed by atoms with Crippen molar-refractivity contribution in [3.63, 3.8) is 0 Å². The highest BCUT2D eigenvalue weighted by atomic mass is 19.1.